The van der Waals surface area contributed by atoms with Crippen LogP contribution in [0.1, 0.15) is 27.0 Å². The van der Waals surface area contributed by atoms with Crippen molar-refractivity contribution in [1.29, 1.82) is 0 Å². The maximum absolute atomic E-state index is 12.2. The Morgan fingerprint density at radius 3 is 2.48 bits per heavy atom. The van der Waals surface area contributed by atoms with Gasteiger partial charge in [0.05, 0.1) is 0 Å². The van der Waals surface area contributed by atoms with E-state index in [1.807, 2.05) is 0 Å². The highest BCUT2D eigenvalue weighted by atomic mass is 16.7. The van der Waals surface area contributed by atoms with Crippen molar-refractivity contribution in [3.8, 4) is 11.5 Å². The van der Waals surface area contributed by atoms with E-state index in [1.165, 1.54) is 11.6 Å². The van der Waals surface area contributed by atoms with Crippen molar-refractivity contribution in [1.82, 2.24) is 0 Å². The minimum absolute atomic E-state index is 0.0850. The van der Waals surface area contributed by atoms with Gasteiger partial charge in [0.15, 0.2) is 17.3 Å². The van der Waals surface area contributed by atoms with Crippen molar-refractivity contribution < 1.29 is 14.3 Å². The Labute approximate surface area is 135 Å². The number of carbonyl (C=O) groups is 1. The molecular weight excluding hydrogens is 290 g/mol. The average molecular weight is 309 g/mol. The molecule has 0 amide bonds. The minimum Gasteiger partial charge on any atom is -0.454 e. The molecule has 23 heavy (non-hydrogen) atoms. The van der Waals surface area contributed by atoms with Gasteiger partial charge < -0.3 is 14.8 Å². The molecule has 1 N–H and O–H groups in total. The SMILES string of the molecule is Cc1cc(C)c(NC=CC(=O)c2ccc3c(c2)OCO3)c(C)c1. The highest BCUT2D eigenvalue weighted by Crippen LogP contribution is 2.32. The van der Waals surface area contributed by atoms with Gasteiger partial charge in [0, 0.05) is 23.5 Å². The average Bonchev–Trinajstić information content (AvgIpc) is 2.97. The predicted molar refractivity (Wildman–Crippen MR) is 90.3 cm³/mol. The molecule has 0 saturated carbocycles. The summed E-state index contributed by atoms with van der Waals surface area (Å²) in [6.45, 7) is 6.38. The molecule has 1 aliphatic heterocycles. The maximum atomic E-state index is 12.2. The molecule has 1 heterocycles. The number of nitrogens with one attached hydrogen (secondary N) is 1. The van der Waals surface area contributed by atoms with Crippen LogP contribution in [0.25, 0.3) is 0 Å². The first kappa shape index (κ1) is 15.2. The van der Waals surface area contributed by atoms with Gasteiger partial charge in [-0.15, -0.1) is 0 Å². The van der Waals surface area contributed by atoms with Gasteiger partial charge in [0.25, 0.3) is 0 Å². The van der Waals surface area contributed by atoms with Gasteiger partial charge in [-0.05, 0) is 50.1 Å². The number of carbonyl (C=O) groups excluding carboxylic acids is 1. The lowest BCUT2D eigenvalue weighted by Gasteiger charge is -2.10. The Kier molecular flexibility index (Phi) is 4.06. The first-order valence-electron chi connectivity index (χ1n) is 7.49. The van der Waals surface area contributed by atoms with E-state index in [0.717, 1.165) is 16.8 Å². The van der Waals surface area contributed by atoms with Crippen molar-refractivity contribution in [2.24, 2.45) is 0 Å². The molecule has 0 spiro atoms. The molecule has 3 rings (SSSR count). The van der Waals surface area contributed by atoms with Gasteiger partial charge in [-0.2, -0.15) is 0 Å². The Morgan fingerprint density at radius 1 is 1.04 bits per heavy atom. The number of anilines is 1. The van der Waals surface area contributed by atoms with Crippen LogP contribution in [-0.4, -0.2) is 12.6 Å². The van der Waals surface area contributed by atoms with Crippen LogP contribution in [-0.2, 0) is 0 Å². The number of hydrogen-bond donors (Lipinski definition) is 1. The van der Waals surface area contributed by atoms with E-state index in [2.05, 4.69) is 38.2 Å². The molecule has 0 unspecified atom stereocenters. The topological polar surface area (TPSA) is 47.6 Å². The summed E-state index contributed by atoms with van der Waals surface area (Å²) in [4.78, 5) is 12.2. The number of rotatable bonds is 4. The second-order valence-electron chi connectivity index (χ2n) is 5.68. The number of hydrogen-bond acceptors (Lipinski definition) is 4. The fraction of sp³-hybridized carbons (Fsp3) is 0.211. The normalized spacial score (nSPS) is 12.7. The summed E-state index contributed by atoms with van der Waals surface area (Å²) in [6.07, 6.45) is 3.20. The number of ketones is 1. The van der Waals surface area contributed by atoms with Crippen molar-refractivity contribution in [3.05, 3.63) is 64.9 Å². The van der Waals surface area contributed by atoms with Crippen molar-refractivity contribution in [2.75, 3.05) is 12.1 Å². The zero-order chi connectivity index (χ0) is 16.4. The zero-order valence-electron chi connectivity index (χ0n) is 13.5. The summed E-state index contributed by atoms with van der Waals surface area (Å²) >= 11 is 0. The molecule has 118 valence electrons. The van der Waals surface area contributed by atoms with Crippen LogP contribution in [0.5, 0.6) is 11.5 Å². The summed E-state index contributed by atoms with van der Waals surface area (Å²) in [5.41, 5.74) is 5.14. The van der Waals surface area contributed by atoms with Crippen molar-refractivity contribution in [3.63, 3.8) is 0 Å². The summed E-state index contributed by atoms with van der Waals surface area (Å²) < 4.78 is 10.5. The molecule has 0 bridgehead atoms. The lowest BCUT2D eigenvalue weighted by Crippen LogP contribution is -1.99. The lowest BCUT2D eigenvalue weighted by molar-refractivity contribution is 0.104. The number of ether oxygens (including phenoxy) is 2. The maximum Gasteiger partial charge on any atom is 0.231 e. The summed E-state index contributed by atoms with van der Waals surface area (Å²) in [5, 5.41) is 3.20. The van der Waals surface area contributed by atoms with E-state index in [4.69, 9.17) is 9.47 Å². The van der Waals surface area contributed by atoms with E-state index >= 15 is 0 Å². The standard InChI is InChI=1S/C19H19NO3/c1-12-8-13(2)19(14(3)9-12)20-7-6-16(21)15-4-5-17-18(10-15)23-11-22-17/h4-10,20H,11H2,1-3H3. The molecule has 4 nitrogen and oxygen atoms in total. The third-order valence-corrected chi connectivity index (χ3v) is 3.80. The monoisotopic (exact) mass is 309 g/mol. The second kappa shape index (κ2) is 6.16. The number of fused-ring (bicyclic) bond motifs is 1. The van der Waals surface area contributed by atoms with E-state index in [-0.39, 0.29) is 12.6 Å². The van der Waals surface area contributed by atoms with E-state index in [1.54, 1.807) is 24.4 Å². The molecule has 2 aromatic rings. The van der Waals surface area contributed by atoms with E-state index in [9.17, 15) is 4.79 Å². The molecule has 4 heteroatoms. The largest absolute Gasteiger partial charge is 0.454 e. The minimum atomic E-state index is -0.0850. The smallest absolute Gasteiger partial charge is 0.231 e. The highest BCUT2D eigenvalue weighted by molar-refractivity contribution is 6.05. The third-order valence-electron chi connectivity index (χ3n) is 3.80. The molecular formula is C19H19NO3. The van der Waals surface area contributed by atoms with Crippen LogP contribution in [0, 0.1) is 20.8 Å². The molecule has 0 aliphatic carbocycles. The van der Waals surface area contributed by atoms with Gasteiger partial charge in [0.2, 0.25) is 6.79 Å². The molecule has 0 saturated heterocycles. The Balaban J connectivity index is 1.72. The van der Waals surface area contributed by atoms with Gasteiger partial charge >= 0.3 is 0 Å². The summed E-state index contributed by atoms with van der Waals surface area (Å²) in [7, 11) is 0. The van der Waals surface area contributed by atoms with Gasteiger partial charge in [-0.1, -0.05) is 17.7 Å². The lowest BCUT2D eigenvalue weighted by atomic mass is 10.1. The Morgan fingerprint density at radius 2 is 1.74 bits per heavy atom. The van der Waals surface area contributed by atoms with Crippen LogP contribution in [0.15, 0.2) is 42.6 Å². The molecule has 0 fully saturated rings. The van der Waals surface area contributed by atoms with Crippen LogP contribution >= 0.6 is 0 Å². The zero-order valence-corrected chi connectivity index (χ0v) is 13.5. The van der Waals surface area contributed by atoms with Crippen LogP contribution in [0.4, 0.5) is 5.69 Å². The second-order valence-corrected chi connectivity index (χ2v) is 5.68. The quantitative estimate of drug-likeness (QED) is 0.681. The van der Waals surface area contributed by atoms with Crippen molar-refractivity contribution >= 4 is 11.5 Å². The van der Waals surface area contributed by atoms with E-state index < -0.39 is 0 Å². The fourth-order valence-electron chi connectivity index (χ4n) is 2.75. The number of benzene rings is 2. The molecule has 0 atom stereocenters. The van der Waals surface area contributed by atoms with Crippen LogP contribution < -0.4 is 14.8 Å². The predicted octanol–water partition coefficient (Wildman–Crippen LogP) is 4.15. The molecule has 0 radical (unpaired) electrons. The van der Waals surface area contributed by atoms with Gasteiger partial charge in [-0.25, -0.2) is 0 Å². The van der Waals surface area contributed by atoms with Crippen molar-refractivity contribution in [2.45, 2.75) is 20.8 Å². The van der Waals surface area contributed by atoms with Crippen LogP contribution in [0.2, 0.25) is 0 Å². The fourth-order valence-corrected chi connectivity index (χ4v) is 2.75. The molecule has 1 aliphatic rings. The Hall–Kier alpha value is -2.75. The molecule has 0 aromatic heterocycles. The van der Waals surface area contributed by atoms with Gasteiger partial charge in [0.1, 0.15) is 0 Å². The first-order chi connectivity index (χ1) is 11.0. The highest BCUT2D eigenvalue weighted by Gasteiger charge is 2.15. The van der Waals surface area contributed by atoms with Crippen LogP contribution in [0.3, 0.4) is 0 Å². The van der Waals surface area contributed by atoms with E-state index in [0.29, 0.717) is 17.1 Å². The Bertz CT molecular complexity index is 770. The number of aryl methyl sites for hydroxylation is 3. The number of allylic oxidation sites excluding steroid dienone is 1. The first-order valence-corrected chi connectivity index (χ1v) is 7.49. The third kappa shape index (κ3) is 3.21. The summed E-state index contributed by atoms with van der Waals surface area (Å²) in [6, 6.07) is 9.43. The van der Waals surface area contributed by atoms with Gasteiger partial charge in [-0.3, -0.25) is 4.79 Å². The molecule has 2 aromatic carbocycles. The summed E-state index contributed by atoms with van der Waals surface area (Å²) in [5.74, 6) is 1.20.